The number of benzene rings is 1. The van der Waals surface area contributed by atoms with Crippen LogP contribution in [0.1, 0.15) is 58.4 Å². The third-order valence-electron chi connectivity index (χ3n) is 7.37. The second kappa shape index (κ2) is 5.50. The molecule has 4 heteroatoms. The van der Waals surface area contributed by atoms with Crippen molar-refractivity contribution in [2.24, 2.45) is 7.05 Å². The van der Waals surface area contributed by atoms with Gasteiger partial charge in [-0.3, -0.25) is 4.98 Å². The summed E-state index contributed by atoms with van der Waals surface area (Å²) in [5, 5.41) is 2.39. The highest BCUT2D eigenvalue weighted by Crippen LogP contribution is 2.51. The molecule has 29 heavy (non-hydrogen) atoms. The van der Waals surface area contributed by atoms with Gasteiger partial charge in [0.15, 0.2) is 5.69 Å². The van der Waals surface area contributed by atoms with Gasteiger partial charge in [-0.25, -0.2) is 4.57 Å². The van der Waals surface area contributed by atoms with E-state index >= 15 is 0 Å². The van der Waals surface area contributed by atoms with Crippen LogP contribution in [0.3, 0.4) is 0 Å². The van der Waals surface area contributed by atoms with Gasteiger partial charge in [0, 0.05) is 27.3 Å². The number of aromatic nitrogens is 3. The third kappa shape index (κ3) is 2.09. The number of hydrogen-bond acceptors (Lipinski definition) is 2. The Kier molecular flexibility index (Phi) is 3.49. The van der Waals surface area contributed by atoms with E-state index in [0.29, 0.717) is 0 Å². The number of imidazole rings is 1. The Labute approximate surface area is 172 Å². The molecule has 4 nitrogen and oxygen atoms in total. The van der Waals surface area contributed by atoms with Crippen molar-refractivity contribution in [3.05, 3.63) is 47.4 Å². The molecule has 0 bridgehead atoms. The fraction of sp³-hybridized carbons (Fsp3) is 0.440. The van der Waals surface area contributed by atoms with E-state index < -0.39 is 0 Å². The summed E-state index contributed by atoms with van der Waals surface area (Å²) >= 11 is 0. The molecule has 0 unspecified atom stereocenters. The van der Waals surface area contributed by atoms with Crippen LogP contribution < -0.4 is 9.30 Å². The van der Waals surface area contributed by atoms with E-state index in [0.717, 1.165) is 16.8 Å². The Morgan fingerprint density at radius 2 is 1.83 bits per heavy atom. The van der Waals surface area contributed by atoms with Crippen LogP contribution in [0.15, 0.2) is 30.6 Å². The molecule has 0 radical (unpaired) electrons. The number of nitrogens with zero attached hydrogens (tertiary/aromatic N) is 3. The SMILES string of the molecule is Cc1c(OC(C)C)cnc2c3cccc4c3n3c(c[n+](C)c3c12)C(C)(C)C4(C)C. The van der Waals surface area contributed by atoms with Gasteiger partial charge in [-0.2, -0.15) is 4.40 Å². The number of pyridine rings is 2. The molecule has 1 aliphatic rings. The first kappa shape index (κ1) is 18.4. The standard InChI is InChI=1S/C25H30N3O/c1-14(2)29-18-12-26-21-16-10-9-11-17-22(16)28-19(25(6,7)24(17,4)5)13-27(8)23(28)20(21)15(18)3/h9-14H,1-8H3/q+1. The third-order valence-corrected chi connectivity index (χ3v) is 7.37. The van der Waals surface area contributed by atoms with E-state index in [9.17, 15) is 0 Å². The monoisotopic (exact) mass is 388 g/mol. The van der Waals surface area contributed by atoms with Crippen molar-refractivity contribution in [2.45, 2.75) is 65.4 Å². The lowest BCUT2D eigenvalue weighted by molar-refractivity contribution is -0.643. The highest BCUT2D eigenvalue weighted by Gasteiger charge is 2.50. The van der Waals surface area contributed by atoms with Gasteiger partial charge in [0.2, 0.25) is 0 Å². The zero-order chi connectivity index (χ0) is 20.9. The number of para-hydroxylation sites is 1. The zero-order valence-electron chi connectivity index (χ0n) is 18.7. The number of rotatable bonds is 2. The molecule has 1 aromatic carbocycles. The largest absolute Gasteiger partial charge is 0.489 e. The van der Waals surface area contributed by atoms with Crippen LogP contribution in [0.25, 0.3) is 27.5 Å². The van der Waals surface area contributed by atoms with Crippen LogP contribution in [0, 0.1) is 6.92 Å². The molecule has 3 aromatic heterocycles. The van der Waals surface area contributed by atoms with Gasteiger partial charge in [-0.05, 0) is 26.8 Å². The van der Waals surface area contributed by atoms with Gasteiger partial charge < -0.3 is 4.74 Å². The van der Waals surface area contributed by atoms with Crippen molar-refractivity contribution in [3.8, 4) is 5.75 Å². The van der Waals surface area contributed by atoms with Gasteiger partial charge in [0.05, 0.1) is 30.3 Å². The van der Waals surface area contributed by atoms with Crippen LogP contribution in [-0.4, -0.2) is 15.5 Å². The zero-order valence-corrected chi connectivity index (χ0v) is 18.7. The molecule has 0 N–H and O–H groups in total. The Bertz CT molecular complexity index is 1330. The predicted molar refractivity (Wildman–Crippen MR) is 118 cm³/mol. The minimum Gasteiger partial charge on any atom is -0.489 e. The Morgan fingerprint density at radius 3 is 2.52 bits per heavy atom. The fourth-order valence-electron chi connectivity index (χ4n) is 5.10. The van der Waals surface area contributed by atoms with E-state index in [4.69, 9.17) is 9.72 Å². The lowest BCUT2D eigenvalue weighted by Crippen LogP contribution is -2.44. The first-order valence-electron chi connectivity index (χ1n) is 10.5. The summed E-state index contributed by atoms with van der Waals surface area (Å²) in [6.45, 7) is 15.7. The maximum atomic E-state index is 6.09. The molecule has 0 spiro atoms. The summed E-state index contributed by atoms with van der Waals surface area (Å²) in [4.78, 5) is 4.92. The minimum atomic E-state index is -0.0144. The smallest absolute Gasteiger partial charge is 0.296 e. The summed E-state index contributed by atoms with van der Waals surface area (Å²) in [5.74, 6) is 0.865. The summed E-state index contributed by atoms with van der Waals surface area (Å²) in [5.41, 5.74) is 7.41. The quantitative estimate of drug-likeness (QED) is 0.352. The van der Waals surface area contributed by atoms with Gasteiger partial charge in [-0.1, -0.05) is 39.8 Å². The molecule has 4 heterocycles. The van der Waals surface area contributed by atoms with E-state index in [2.05, 4.69) is 88.9 Å². The fourth-order valence-corrected chi connectivity index (χ4v) is 5.10. The van der Waals surface area contributed by atoms with Crippen LogP contribution in [0.4, 0.5) is 0 Å². The highest BCUT2D eigenvalue weighted by atomic mass is 16.5. The van der Waals surface area contributed by atoms with Crippen molar-refractivity contribution >= 4 is 27.5 Å². The predicted octanol–water partition coefficient (Wildman–Crippen LogP) is 5.13. The normalized spacial score (nSPS) is 17.1. The van der Waals surface area contributed by atoms with Crippen LogP contribution in [0.2, 0.25) is 0 Å². The van der Waals surface area contributed by atoms with Crippen LogP contribution >= 0.6 is 0 Å². The number of ether oxygens (including phenoxy) is 1. The number of hydrogen-bond donors (Lipinski definition) is 0. The second-order valence-electron chi connectivity index (χ2n) is 9.87. The second-order valence-corrected chi connectivity index (χ2v) is 9.87. The van der Waals surface area contributed by atoms with Gasteiger partial charge in [-0.15, -0.1) is 0 Å². The lowest BCUT2D eigenvalue weighted by Gasteiger charge is -2.42. The van der Waals surface area contributed by atoms with Crippen LogP contribution in [0.5, 0.6) is 5.75 Å². The van der Waals surface area contributed by atoms with Crippen molar-refractivity contribution in [1.29, 1.82) is 0 Å². The minimum absolute atomic E-state index is 0.00418. The van der Waals surface area contributed by atoms with E-state index in [-0.39, 0.29) is 16.9 Å². The number of aryl methyl sites for hydroxylation is 2. The van der Waals surface area contributed by atoms with Crippen molar-refractivity contribution in [1.82, 2.24) is 9.38 Å². The molecule has 0 amide bonds. The lowest BCUT2D eigenvalue weighted by atomic mass is 9.61. The van der Waals surface area contributed by atoms with Gasteiger partial charge in [0.1, 0.15) is 17.5 Å². The van der Waals surface area contributed by atoms with E-state index in [1.54, 1.807) is 0 Å². The maximum absolute atomic E-state index is 6.09. The molecular formula is C25H30N3O+. The summed E-state index contributed by atoms with van der Waals surface area (Å²) < 4.78 is 10.8. The molecule has 1 aliphatic heterocycles. The van der Waals surface area contributed by atoms with Gasteiger partial charge >= 0.3 is 0 Å². The highest BCUT2D eigenvalue weighted by molar-refractivity contribution is 6.12. The molecule has 0 fully saturated rings. The van der Waals surface area contributed by atoms with Crippen LogP contribution in [-0.2, 0) is 17.9 Å². The first-order valence-corrected chi connectivity index (χ1v) is 10.5. The maximum Gasteiger partial charge on any atom is 0.296 e. The molecular weight excluding hydrogens is 358 g/mol. The van der Waals surface area contributed by atoms with Gasteiger partial charge in [0.25, 0.3) is 5.65 Å². The van der Waals surface area contributed by atoms with Crippen molar-refractivity contribution in [2.75, 3.05) is 0 Å². The average molecular weight is 389 g/mol. The summed E-state index contributed by atoms with van der Waals surface area (Å²) in [6.07, 6.45) is 4.32. The molecule has 0 aliphatic carbocycles. The van der Waals surface area contributed by atoms with E-state index in [1.807, 2.05) is 6.20 Å². The van der Waals surface area contributed by atoms with Crippen molar-refractivity contribution < 1.29 is 9.30 Å². The van der Waals surface area contributed by atoms with Crippen molar-refractivity contribution in [3.63, 3.8) is 0 Å². The molecule has 150 valence electrons. The molecule has 0 saturated heterocycles. The topological polar surface area (TPSA) is 30.4 Å². The number of fused-ring (bicyclic) bond motifs is 3. The molecule has 4 aromatic rings. The molecule has 0 atom stereocenters. The Balaban J connectivity index is 2.10. The summed E-state index contributed by atoms with van der Waals surface area (Å²) in [7, 11) is 2.15. The van der Waals surface area contributed by atoms with E-state index in [1.165, 1.54) is 33.2 Å². The summed E-state index contributed by atoms with van der Waals surface area (Å²) in [6, 6.07) is 6.69. The Morgan fingerprint density at radius 1 is 1.10 bits per heavy atom. The molecule has 5 rings (SSSR count). The Hall–Kier alpha value is -2.62. The first-order chi connectivity index (χ1) is 13.6. The molecule has 0 saturated carbocycles. The average Bonchev–Trinajstić information content (AvgIpc) is 3.00.